The summed E-state index contributed by atoms with van der Waals surface area (Å²) >= 11 is 1.29. The van der Waals surface area contributed by atoms with Gasteiger partial charge in [-0.1, -0.05) is 18.2 Å². The third kappa shape index (κ3) is 3.82. The Hall–Kier alpha value is -4.58. The number of anilines is 1. The summed E-state index contributed by atoms with van der Waals surface area (Å²) in [4.78, 5) is 35.7. The van der Waals surface area contributed by atoms with Gasteiger partial charge in [0.05, 0.1) is 17.3 Å². The third-order valence-corrected chi connectivity index (χ3v) is 6.93. The van der Waals surface area contributed by atoms with Gasteiger partial charge >= 0.3 is 0 Å². The van der Waals surface area contributed by atoms with Gasteiger partial charge in [-0.15, -0.1) is 11.3 Å². The molecule has 1 aromatic carbocycles. The minimum Gasteiger partial charge on any atom is -0.386 e. The van der Waals surface area contributed by atoms with E-state index in [4.69, 9.17) is 10.8 Å². The smallest absolute Gasteiger partial charge is 0.276 e. The fraction of sp³-hybridized carbons (Fsp3) is 0.160. The molecule has 1 amide bonds. The van der Waals surface area contributed by atoms with Crippen LogP contribution < -0.4 is 11.1 Å². The van der Waals surface area contributed by atoms with Gasteiger partial charge in [-0.25, -0.2) is 34.0 Å². The van der Waals surface area contributed by atoms with Crippen LogP contribution in [-0.4, -0.2) is 41.5 Å². The van der Waals surface area contributed by atoms with Crippen LogP contribution in [0, 0.1) is 5.82 Å². The first-order valence-electron chi connectivity index (χ1n) is 11.4. The molecule has 1 aliphatic heterocycles. The molecule has 37 heavy (non-hydrogen) atoms. The molecule has 0 atom stereocenters. The van der Waals surface area contributed by atoms with Crippen LogP contribution in [0.15, 0.2) is 59.2 Å². The zero-order valence-electron chi connectivity index (χ0n) is 19.8. The highest BCUT2D eigenvalue weighted by Crippen LogP contribution is 2.41. The Balaban J connectivity index is 1.52. The summed E-state index contributed by atoms with van der Waals surface area (Å²) in [5.74, 6) is 0.0144. The first-order chi connectivity index (χ1) is 17.8. The van der Waals surface area contributed by atoms with Gasteiger partial charge in [-0.3, -0.25) is 10.1 Å². The average Bonchev–Trinajstić information content (AvgIpc) is 3.58. The normalized spacial score (nSPS) is 14.0. The summed E-state index contributed by atoms with van der Waals surface area (Å²) in [6, 6.07) is 10.1. The van der Waals surface area contributed by atoms with Crippen LogP contribution in [0.4, 0.5) is 15.3 Å². The summed E-state index contributed by atoms with van der Waals surface area (Å²) < 4.78 is 16.0. The highest BCUT2D eigenvalue weighted by atomic mass is 32.1. The SMILES string of the molecule is CC1(C)C(N)=Nc2nc(-c3nn(Cc4ccccc4F)c4ncccc34)nc(C(=O)Nc3nccs3)c21. The second kappa shape index (κ2) is 8.52. The predicted octanol–water partition coefficient (Wildman–Crippen LogP) is 4.06. The molecule has 4 aromatic heterocycles. The maximum absolute atomic E-state index is 14.4. The molecule has 12 heteroatoms. The zero-order valence-corrected chi connectivity index (χ0v) is 20.6. The Labute approximate surface area is 214 Å². The maximum Gasteiger partial charge on any atom is 0.276 e. The van der Waals surface area contributed by atoms with Gasteiger partial charge in [-0.2, -0.15) is 5.10 Å². The maximum atomic E-state index is 14.4. The summed E-state index contributed by atoms with van der Waals surface area (Å²) in [5.41, 5.74) is 7.51. The molecule has 3 N–H and O–H groups in total. The van der Waals surface area contributed by atoms with E-state index < -0.39 is 11.3 Å². The predicted molar refractivity (Wildman–Crippen MR) is 138 cm³/mol. The molecule has 1 aliphatic rings. The molecule has 0 saturated heterocycles. The van der Waals surface area contributed by atoms with Gasteiger partial charge in [0.1, 0.15) is 23.0 Å². The Morgan fingerprint density at radius 3 is 2.76 bits per heavy atom. The number of pyridine rings is 1. The van der Waals surface area contributed by atoms with Crippen molar-refractivity contribution in [2.24, 2.45) is 10.7 Å². The van der Waals surface area contributed by atoms with E-state index in [1.54, 1.807) is 46.7 Å². The van der Waals surface area contributed by atoms with Gasteiger partial charge in [0.25, 0.3) is 5.91 Å². The summed E-state index contributed by atoms with van der Waals surface area (Å²) in [6.45, 7) is 3.88. The molecule has 0 spiro atoms. The molecular weight excluding hydrogens is 493 g/mol. The van der Waals surface area contributed by atoms with Crippen molar-refractivity contribution in [3.63, 3.8) is 0 Å². The van der Waals surface area contributed by atoms with Crippen LogP contribution in [-0.2, 0) is 12.0 Å². The third-order valence-electron chi connectivity index (χ3n) is 6.25. The molecule has 0 aliphatic carbocycles. The molecule has 0 bridgehead atoms. The number of thiazole rings is 1. The first kappa shape index (κ1) is 22.9. The number of amides is 1. The second-order valence-corrected chi connectivity index (χ2v) is 9.87. The highest BCUT2D eigenvalue weighted by molar-refractivity contribution is 7.13. The largest absolute Gasteiger partial charge is 0.386 e. The van der Waals surface area contributed by atoms with Crippen LogP contribution in [0.3, 0.4) is 0 Å². The van der Waals surface area contributed by atoms with Crippen LogP contribution in [0.2, 0.25) is 0 Å². The molecule has 0 radical (unpaired) electrons. The van der Waals surface area contributed by atoms with Crippen LogP contribution >= 0.6 is 11.3 Å². The molecule has 184 valence electrons. The lowest BCUT2D eigenvalue weighted by atomic mass is 9.84. The number of rotatable bonds is 5. The highest BCUT2D eigenvalue weighted by Gasteiger charge is 2.40. The monoisotopic (exact) mass is 513 g/mol. The molecule has 0 unspecified atom stereocenters. The van der Waals surface area contributed by atoms with Gasteiger partial charge in [-0.05, 0) is 32.0 Å². The molecule has 10 nitrogen and oxygen atoms in total. The van der Waals surface area contributed by atoms with E-state index in [1.807, 2.05) is 19.9 Å². The van der Waals surface area contributed by atoms with Crippen molar-refractivity contribution >= 4 is 45.1 Å². The zero-order chi connectivity index (χ0) is 25.7. The lowest BCUT2D eigenvalue weighted by Crippen LogP contribution is -2.34. The number of carbonyl (C=O) groups excluding carboxylic acids is 1. The first-order valence-corrected chi connectivity index (χ1v) is 12.2. The number of aliphatic imine (C=N–C) groups is 1. The van der Waals surface area contributed by atoms with Crippen LogP contribution in [0.5, 0.6) is 0 Å². The van der Waals surface area contributed by atoms with E-state index in [0.29, 0.717) is 44.6 Å². The van der Waals surface area contributed by atoms with Crippen molar-refractivity contribution < 1.29 is 9.18 Å². The number of halogens is 1. The Kier molecular flexibility index (Phi) is 5.26. The Morgan fingerprint density at radius 1 is 1.14 bits per heavy atom. The lowest BCUT2D eigenvalue weighted by Gasteiger charge is -2.21. The molecule has 5 heterocycles. The van der Waals surface area contributed by atoms with Gasteiger partial charge in [0.2, 0.25) is 0 Å². The number of hydrogen-bond acceptors (Lipinski definition) is 9. The van der Waals surface area contributed by atoms with Crippen molar-refractivity contribution in [3.8, 4) is 11.5 Å². The van der Waals surface area contributed by atoms with Crippen molar-refractivity contribution in [2.45, 2.75) is 25.8 Å². The minimum absolute atomic E-state index is 0.130. The van der Waals surface area contributed by atoms with Crippen molar-refractivity contribution in [1.29, 1.82) is 0 Å². The van der Waals surface area contributed by atoms with Crippen molar-refractivity contribution in [3.05, 3.63) is 76.8 Å². The second-order valence-electron chi connectivity index (χ2n) is 8.98. The fourth-order valence-corrected chi connectivity index (χ4v) is 4.80. The summed E-state index contributed by atoms with van der Waals surface area (Å²) in [5, 5.41) is 10.3. The molecule has 6 rings (SSSR count). The number of amidine groups is 1. The fourth-order valence-electron chi connectivity index (χ4n) is 4.27. The number of benzene rings is 1. The van der Waals surface area contributed by atoms with Crippen molar-refractivity contribution in [1.82, 2.24) is 29.7 Å². The van der Waals surface area contributed by atoms with Gasteiger partial charge in [0.15, 0.2) is 22.4 Å². The van der Waals surface area contributed by atoms with E-state index in [2.05, 4.69) is 30.2 Å². The Bertz CT molecular complexity index is 1710. The van der Waals surface area contributed by atoms with E-state index in [9.17, 15) is 9.18 Å². The molecular formula is C25H20FN9OS. The van der Waals surface area contributed by atoms with E-state index in [1.165, 1.54) is 17.4 Å². The standard InChI is InChI=1S/C25H20FN9OS/c1-25(2)16-18(22(36)33-24-29-10-11-37-24)30-20(31-19(16)32-23(25)27)17-14-7-5-9-28-21(14)35(34-17)12-13-6-3-4-8-15(13)26/h3-11H,12H2,1-2H3,(H,29,33,36)(H2,27,30,31,32). The number of nitrogens with one attached hydrogen (secondary N) is 1. The number of hydrogen-bond donors (Lipinski definition) is 2. The Morgan fingerprint density at radius 2 is 1.97 bits per heavy atom. The average molecular weight is 514 g/mol. The van der Waals surface area contributed by atoms with E-state index >= 15 is 0 Å². The van der Waals surface area contributed by atoms with E-state index in [-0.39, 0.29) is 23.9 Å². The summed E-state index contributed by atoms with van der Waals surface area (Å²) in [6.07, 6.45) is 3.23. The number of nitrogens with zero attached hydrogens (tertiary/aromatic N) is 7. The lowest BCUT2D eigenvalue weighted by molar-refractivity contribution is 0.102. The number of carbonyl (C=O) groups is 1. The molecule has 0 fully saturated rings. The molecule has 5 aromatic rings. The quantitative estimate of drug-likeness (QED) is 0.361. The van der Waals surface area contributed by atoms with Crippen LogP contribution in [0.1, 0.15) is 35.5 Å². The van der Waals surface area contributed by atoms with Gasteiger partial charge in [0, 0.05) is 28.9 Å². The van der Waals surface area contributed by atoms with Crippen LogP contribution in [0.25, 0.3) is 22.6 Å². The number of nitrogens with two attached hydrogens (primary N) is 1. The topological polar surface area (TPSA) is 137 Å². The number of fused-ring (bicyclic) bond motifs is 2. The van der Waals surface area contributed by atoms with Gasteiger partial charge < -0.3 is 5.73 Å². The molecule has 0 saturated carbocycles. The minimum atomic E-state index is -0.753. The summed E-state index contributed by atoms with van der Waals surface area (Å²) in [7, 11) is 0. The van der Waals surface area contributed by atoms with E-state index in [0.717, 1.165) is 0 Å². The van der Waals surface area contributed by atoms with Crippen molar-refractivity contribution in [2.75, 3.05) is 5.32 Å². The number of aromatic nitrogens is 6.